The van der Waals surface area contributed by atoms with E-state index in [-0.39, 0.29) is 30.3 Å². The van der Waals surface area contributed by atoms with Crippen LogP contribution in [0, 0.1) is 12.8 Å². The molecule has 142 valence electrons. The minimum atomic E-state index is -0.257. The van der Waals surface area contributed by atoms with Gasteiger partial charge < -0.3 is 5.32 Å². The molecule has 5 heteroatoms. The lowest BCUT2D eigenvalue weighted by Gasteiger charge is -2.16. The molecule has 0 aliphatic carbocycles. The molecule has 0 aromatic heterocycles. The van der Waals surface area contributed by atoms with Gasteiger partial charge in [-0.3, -0.25) is 19.3 Å². The third-order valence-corrected chi connectivity index (χ3v) is 4.74. The van der Waals surface area contributed by atoms with Crippen molar-refractivity contribution in [3.05, 3.63) is 34.9 Å². The molecule has 1 aliphatic heterocycles. The largest absolute Gasteiger partial charge is 0.354 e. The highest BCUT2D eigenvalue weighted by Gasteiger charge is 2.34. The van der Waals surface area contributed by atoms with Crippen LogP contribution in [0.1, 0.15) is 79.2 Å². The van der Waals surface area contributed by atoms with E-state index in [1.54, 1.807) is 12.1 Å². The van der Waals surface area contributed by atoms with Crippen molar-refractivity contribution in [2.24, 2.45) is 5.92 Å². The van der Waals surface area contributed by atoms with E-state index >= 15 is 0 Å². The molecule has 0 saturated carbocycles. The van der Waals surface area contributed by atoms with Crippen molar-refractivity contribution in [3.8, 4) is 0 Å². The van der Waals surface area contributed by atoms with Gasteiger partial charge in [0.05, 0.1) is 11.1 Å². The number of aryl methyl sites for hydroxylation is 1. The third kappa shape index (κ3) is 5.16. The summed E-state index contributed by atoms with van der Waals surface area (Å²) in [6, 6.07) is 5.45. The minimum Gasteiger partial charge on any atom is -0.354 e. The molecule has 3 amide bonds. The van der Waals surface area contributed by atoms with Gasteiger partial charge in [-0.05, 0) is 44.7 Å². The number of benzene rings is 1. The van der Waals surface area contributed by atoms with Crippen LogP contribution >= 0.6 is 0 Å². The monoisotopic (exact) mass is 358 g/mol. The van der Waals surface area contributed by atoms with Gasteiger partial charge >= 0.3 is 0 Å². The Hall–Kier alpha value is -2.17. The molecular formula is C21H30N2O3. The Kier molecular flexibility index (Phi) is 6.95. The van der Waals surface area contributed by atoms with Crippen molar-refractivity contribution in [1.82, 2.24) is 10.2 Å². The molecule has 0 fully saturated rings. The Morgan fingerprint density at radius 1 is 1.04 bits per heavy atom. The van der Waals surface area contributed by atoms with Crippen LogP contribution in [-0.2, 0) is 4.79 Å². The van der Waals surface area contributed by atoms with Crippen LogP contribution in [0.3, 0.4) is 0 Å². The van der Waals surface area contributed by atoms with Gasteiger partial charge in [0, 0.05) is 19.0 Å². The van der Waals surface area contributed by atoms with Crippen molar-refractivity contribution in [2.45, 2.75) is 65.8 Å². The normalized spacial score (nSPS) is 14.7. The first-order chi connectivity index (χ1) is 12.3. The summed E-state index contributed by atoms with van der Waals surface area (Å²) in [6.45, 7) is 8.59. The molecule has 0 radical (unpaired) electrons. The number of nitrogens with zero attached hydrogens (tertiary/aromatic N) is 1. The zero-order valence-corrected chi connectivity index (χ0v) is 16.3. The van der Waals surface area contributed by atoms with E-state index in [4.69, 9.17) is 0 Å². The summed E-state index contributed by atoms with van der Waals surface area (Å²) >= 11 is 0. The van der Waals surface area contributed by atoms with E-state index in [9.17, 15) is 14.4 Å². The summed E-state index contributed by atoms with van der Waals surface area (Å²) in [5.41, 5.74) is 1.89. The lowest BCUT2D eigenvalue weighted by Crippen LogP contribution is -2.34. The predicted molar refractivity (Wildman–Crippen MR) is 102 cm³/mol. The molecule has 1 aromatic carbocycles. The zero-order valence-electron chi connectivity index (χ0n) is 16.3. The van der Waals surface area contributed by atoms with Crippen molar-refractivity contribution >= 4 is 17.7 Å². The second-order valence-corrected chi connectivity index (χ2v) is 7.71. The first kappa shape index (κ1) is 20.1. The van der Waals surface area contributed by atoms with Gasteiger partial charge in [0.2, 0.25) is 5.91 Å². The fourth-order valence-electron chi connectivity index (χ4n) is 3.26. The number of nitrogens with one attached hydrogen (secondary N) is 1. The summed E-state index contributed by atoms with van der Waals surface area (Å²) in [6.07, 6.45) is 4.05. The van der Waals surface area contributed by atoms with Crippen LogP contribution in [0.4, 0.5) is 0 Å². The highest BCUT2D eigenvalue weighted by Crippen LogP contribution is 2.24. The minimum absolute atomic E-state index is 0.0190. The first-order valence-electron chi connectivity index (χ1n) is 9.55. The van der Waals surface area contributed by atoms with Crippen molar-refractivity contribution in [2.75, 3.05) is 6.54 Å². The van der Waals surface area contributed by atoms with E-state index in [1.165, 1.54) is 11.3 Å². The highest BCUT2D eigenvalue weighted by molar-refractivity contribution is 6.21. The van der Waals surface area contributed by atoms with Gasteiger partial charge in [0.1, 0.15) is 0 Å². The third-order valence-electron chi connectivity index (χ3n) is 4.74. The van der Waals surface area contributed by atoms with Crippen molar-refractivity contribution in [1.29, 1.82) is 0 Å². The maximum atomic E-state index is 12.4. The van der Waals surface area contributed by atoms with E-state index in [1.807, 2.05) is 19.9 Å². The number of rotatable bonds is 9. The lowest BCUT2D eigenvalue weighted by molar-refractivity contribution is -0.121. The summed E-state index contributed by atoms with van der Waals surface area (Å²) in [5, 5.41) is 3.00. The van der Waals surface area contributed by atoms with Crippen LogP contribution < -0.4 is 5.32 Å². The topological polar surface area (TPSA) is 66.5 Å². The second-order valence-electron chi connectivity index (χ2n) is 7.71. The molecule has 5 nitrogen and oxygen atoms in total. The van der Waals surface area contributed by atoms with Gasteiger partial charge in [-0.15, -0.1) is 0 Å². The average Bonchev–Trinajstić information content (AvgIpc) is 2.78. The summed E-state index contributed by atoms with van der Waals surface area (Å²) in [7, 11) is 0. The molecule has 0 bridgehead atoms. The van der Waals surface area contributed by atoms with Crippen molar-refractivity contribution in [3.63, 3.8) is 0 Å². The Balaban J connectivity index is 1.75. The van der Waals surface area contributed by atoms with Crippen molar-refractivity contribution < 1.29 is 14.4 Å². The van der Waals surface area contributed by atoms with E-state index in [2.05, 4.69) is 19.2 Å². The molecular weight excluding hydrogens is 328 g/mol. The smallest absolute Gasteiger partial charge is 0.261 e. The van der Waals surface area contributed by atoms with Gasteiger partial charge in [0.25, 0.3) is 11.8 Å². The maximum Gasteiger partial charge on any atom is 0.261 e. The van der Waals surface area contributed by atoms with Crippen LogP contribution in [0.5, 0.6) is 0 Å². The van der Waals surface area contributed by atoms with Crippen LogP contribution in [0.2, 0.25) is 0 Å². The number of amides is 3. The van der Waals surface area contributed by atoms with Gasteiger partial charge in [-0.2, -0.15) is 0 Å². The molecule has 26 heavy (non-hydrogen) atoms. The summed E-state index contributed by atoms with van der Waals surface area (Å²) in [4.78, 5) is 38.0. The number of hydrogen-bond acceptors (Lipinski definition) is 3. The number of carbonyl (C=O) groups is 3. The molecule has 1 aliphatic rings. The molecule has 0 saturated heterocycles. The zero-order chi connectivity index (χ0) is 19.3. The van der Waals surface area contributed by atoms with E-state index in [0.29, 0.717) is 29.9 Å². The lowest BCUT2D eigenvalue weighted by atomic mass is 10.0. The SMILES string of the molecule is Cc1ccc2c(c1)C(=O)N(CCCC(=O)NC(C)CCCC(C)C)C2=O. The summed E-state index contributed by atoms with van der Waals surface area (Å²) in [5.74, 6) is 0.152. The van der Waals surface area contributed by atoms with Gasteiger partial charge in [-0.25, -0.2) is 0 Å². The number of hydrogen-bond donors (Lipinski definition) is 1. The van der Waals surface area contributed by atoms with Crippen LogP contribution in [-0.4, -0.2) is 35.2 Å². The number of imide groups is 1. The molecule has 1 heterocycles. The number of fused-ring (bicyclic) bond motifs is 1. The molecule has 1 aromatic rings. The molecule has 0 spiro atoms. The van der Waals surface area contributed by atoms with Crippen LogP contribution in [0.25, 0.3) is 0 Å². The first-order valence-corrected chi connectivity index (χ1v) is 9.55. The Morgan fingerprint density at radius 2 is 1.73 bits per heavy atom. The van der Waals surface area contributed by atoms with Gasteiger partial charge in [-0.1, -0.05) is 38.3 Å². The molecule has 1 unspecified atom stereocenters. The Morgan fingerprint density at radius 3 is 2.42 bits per heavy atom. The highest BCUT2D eigenvalue weighted by atomic mass is 16.2. The molecule has 2 rings (SSSR count). The standard InChI is InChI=1S/C21H30N2O3/c1-14(2)7-5-8-16(4)22-19(24)9-6-12-23-20(25)17-11-10-15(3)13-18(17)21(23)26/h10-11,13-14,16H,5-9,12H2,1-4H3,(H,22,24). The Bertz CT molecular complexity index is 682. The molecule has 1 N–H and O–H groups in total. The number of carbonyl (C=O) groups excluding carboxylic acids is 3. The second kappa shape index (κ2) is 8.97. The predicted octanol–water partition coefficient (Wildman–Crippen LogP) is 3.70. The Labute approximate surface area is 156 Å². The molecule has 1 atom stereocenters. The van der Waals surface area contributed by atoms with E-state index in [0.717, 1.165) is 18.4 Å². The maximum absolute atomic E-state index is 12.4. The quantitative estimate of drug-likeness (QED) is 0.685. The van der Waals surface area contributed by atoms with E-state index < -0.39 is 0 Å². The fraction of sp³-hybridized carbons (Fsp3) is 0.571. The summed E-state index contributed by atoms with van der Waals surface area (Å²) < 4.78 is 0. The average molecular weight is 358 g/mol. The van der Waals surface area contributed by atoms with Crippen LogP contribution in [0.15, 0.2) is 18.2 Å². The fourth-order valence-corrected chi connectivity index (χ4v) is 3.26. The van der Waals surface area contributed by atoms with Gasteiger partial charge in [0.15, 0.2) is 0 Å².